The minimum atomic E-state index is -0.891. The summed E-state index contributed by atoms with van der Waals surface area (Å²) >= 11 is 0. The Morgan fingerprint density at radius 3 is 2.24 bits per heavy atom. The van der Waals surface area contributed by atoms with Crippen LogP contribution in [-0.4, -0.2) is 53.7 Å². The van der Waals surface area contributed by atoms with Gasteiger partial charge < -0.3 is 20.1 Å². The average Bonchev–Trinajstić information content (AvgIpc) is 3.14. The number of fused-ring (bicyclic) bond motifs is 3. The van der Waals surface area contributed by atoms with Gasteiger partial charge in [0.15, 0.2) is 0 Å². The smallest absolute Gasteiger partial charge is 0.407 e. The van der Waals surface area contributed by atoms with Crippen LogP contribution in [0, 0.1) is 11.8 Å². The number of amides is 2. The number of likely N-dealkylation sites (tertiary alicyclic amines) is 1. The van der Waals surface area contributed by atoms with Crippen molar-refractivity contribution in [2.24, 2.45) is 11.8 Å². The van der Waals surface area contributed by atoms with Gasteiger partial charge >= 0.3 is 12.1 Å². The number of nitrogens with one attached hydrogen (secondary N) is 1. The number of alkyl carbamates (subject to hydrolysis) is 1. The van der Waals surface area contributed by atoms with Crippen LogP contribution in [0.3, 0.4) is 0 Å². The van der Waals surface area contributed by atoms with E-state index in [-0.39, 0.29) is 30.9 Å². The summed E-state index contributed by atoms with van der Waals surface area (Å²) in [6, 6.07) is 15.4. The summed E-state index contributed by atoms with van der Waals surface area (Å²) in [6.07, 6.45) is 0.555. The van der Waals surface area contributed by atoms with E-state index in [0.717, 1.165) is 22.3 Å². The van der Waals surface area contributed by atoms with Gasteiger partial charge in [0.2, 0.25) is 5.91 Å². The van der Waals surface area contributed by atoms with Crippen LogP contribution in [0.1, 0.15) is 43.7 Å². The predicted molar refractivity (Wildman–Crippen MR) is 124 cm³/mol. The molecule has 1 saturated heterocycles. The second-order valence-corrected chi connectivity index (χ2v) is 9.15. The van der Waals surface area contributed by atoms with E-state index in [1.54, 1.807) is 4.90 Å². The Labute approximate surface area is 193 Å². The highest BCUT2D eigenvalue weighted by Gasteiger charge is 2.35. The maximum Gasteiger partial charge on any atom is 0.407 e. The molecule has 0 spiro atoms. The molecule has 0 aromatic heterocycles. The Kier molecular flexibility index (Phi) is 6.67. The number of hydrogen-bond acceptors (Lipinski definition) is 4. The number of carbonyl (C=O) groups is 3. The van der Waals surface area contributed by atoms with Crippen LogP contribution in [-0.2, 0) is 14.3 Å². The highest BCUT2D eigenvalue weighted by atomic mass is 16.5. The van der Waals surface area contributed by atoms with Crippen molar-refractivity contribution < 1.29 is 24.2 Å². The van der Waals surface area contributed by atoms with Crippen LogP contribution in [0.4, 0.5) is 4.79 Å². The maximum atomic E-state index is 13.1. The van der Waals surface area contributed by atoms with E-state index < -0.39 is 24.0 Å². The number of ether oxygens (including phenoxy) is 1. The van der Waals surface area contributed by atoms with Gasteiger partial charge in [0.05, 0.1) is 5.92 Å². The second-order valence-electron chi connectivity index (χ2n) is 9.15. The van der Waals surface area contributed by atoms with E-state index in [9.17, 15) is 19.5 Å². The van der Waals surface area contributed by atoms with Crippen molar-refractivity contribution in [2.75, 3.05) is 19.7 Å². The first-order chi connectivity index (χ1) is 15.9. The van der Waals surface area contributed by atoms with Crippen molar-refractivity contribution in [2.45, 2.75) is 38.6 Å². The quantitative estimate of drug-likeness (QED) is 0.697. The van der Waals surface area contributed by atoms with Gasteiger partial charge in [-0.05, 0) is 41.0 Å². The van der Waals surface area contributed by atoms with Crippen LogP contribution < -0.4 is 5.32 Å². The van der Waals surface area contributed by atoms with E-state index in [1.165, 1.54) is 0 Å². The predicted octanol–water partition coefficient (Wildman–Crippen LogP) is 3.87. The largest absolute Gasteiger partial charge is 0.481 e. The molecule has 0 saturated carbocycles. The molecule has 2 atom stereocenters. The van der Waals surface area contributed by atoms with Gasteiger partial charge in [-0.1, -0.05) is 62.4 Å². The molecule has 1 heterocycles. The van der Waals surface area contributed by atoms with Gasteiger partial charge in [-0.25, -0.2) is 4.79 Å². The number of carboxylic acid groups (broad SMARTS) is 1. The molecule has 33 heavy (non-hydrogen) atoms. The number of carboxylic acids is 1. The Hall–Kier alpha value is -3.35. The lowest BCUT2D eigenvalue weighted by atomic mass is 9.96. The Balaban J connectivity index is 1.41. The van der Waals surface area contributed by atoms with Crippen molar-refractivity contribution in [1.29, 1.82) is 0 Å². The number of hydrogen-bond donors (Lipinski definition) is 2. The van der Waals surface area contributed by atoms with Crippen molar-refractivity contribution in [3.8, 4) is 11.1 Å². The number of rotatable bonds is 6. The molecule has 2 amide bonds. The van der Waals surface area contributed by atoms with Gasteiger partial charge in [0.1, 0.15) is 12.6 Å². The Morgan fingerprint density at radius 1 is 1.06 bits per heavy atom. The van der Waals surface area contributed by atoms with E-state index in [4.69, 9.17) is 4.74 Å². The standard InChI is InChI=1S/C26H30N2O5/c1-16(2)23(24(29)28-13-7-8-17(14-28)25(30)31)27-26(32)33-15-22-20-11-5-3-9-18(20)19-10-4-6-12-21(19)22/h3-6,9-12,16-17,22-23H,7-8,13-15H2,1-2H3,(H,27,32)(H,30,31)/t17-,23?/m0/s1. The number of aliphatic carboxylic acids is 1. The van der Waals surface area contributed by atoms with Crippen LogP contribution in [0.5, 0.6) is 0 Å². The van der Waals surface area contributed by atoms with Crippen LogP contribution in [0.25, 0.3) is 11.1 Å². The topological polar surface area (TPSA) is 95.9 Å². The molecule has 0 bridgehead atoms. The molecule has 2 aromatic rings. The first-order valence-corrected chi connectivity index (χ1v) is 11.5. The molecular weight excluding hydrogens is 420 g/mol. The molecule has 0 radical (unpaired) electrons. The molecule has 1 aliphatic heterocycles. The zero-order valence-corrected chi connectivity index (χ0v) is 19.0. The summed E-state index contributed by atoms with van der Waals surface area (Å²) in [5.74, 6) is -1.94. The van der Waals surface area contributed by atoms with Crippen LogP contribution in [0.15, 0.2) is 48.5 Å². The van der Waals surface area contributed by atoms with Crippen LogP contribution in [0.2, 0.25) is 0 Å². The van der Waals surface area contributed by atoms with Gasteiger partial charge in [0, 0.05) is 19.0 Å². The second kappa shape index (κ2) is 9.65. The lowest BCUT2D eigenvalue weighted by Gasteiger charge is -2.34. The highest BCUT2D eigenvalue weighted by molar-refractivity contribution is 5.86. The summed E-state index contributed by atoms with van der Waals surface area (Å²) in [7, 11) is 0. The molecule has 2 aliphatic rings. The molecule has 2 N–H and O–H groups in total. The van der Waals surface area contributed by atoms with Gasteiger partial charge in [-0.15, -0.1) is 0 Å². The van der Waals surface area contributed by atoms with Crippen molar-refractivity contribution >= 4 is 18.0 Å². The monoisotopic (exact) mass is 450 g/mol. The SMILES string of the molecule is CC(C)C(NC(=O)OCC1c2ccccc2-c2ccccc21)C(=O)N1CCC[C@H](C(=O)O)C1. The van der Waals surface area contributed by atoms with Gasteiger partial charge in [-0.3, -0.25) is 9.59 Å². The minimum Gasteiger partial charge on any atom is -0.481 e. The molecule has 1 unspecified atom stereocenters. The molecule has 2 aromatic carbocycles. The van der Waals surface area contributed by atoms with Gasteiger partial charge in [0.25, 0.3) is 0 Å². The molecule has 4 rings (SSSR count). The van der Waals surface area contributed by atoms with E-state index >= 15 is 0 Å². The fourth-order valence-electron chi connectivity index (χ4n) is 4.86. The molecule has 1 aliphatic carbocycles. The van der Waals surface area contributed by atoms with E-state index in [0.29, 0.717) is 19.4 Å². The summed E-state index contributed by atoms with van der Waals surface area (Å²) < 4.78 is 5.60. The van der Waals surface area contributed by atoms with Gasteiger partial charge in [-0.2, -0.15) is 0 Å². The average molecular weight is 451 g/mol. The molecule has 7 heteroatoms. The van der Waals surface area contributed by atoms with Crippen LogP contribution >= 0.6 is 0 Å². The van der Waals surface area contributed by atoms with E-state index in [1.807, 2.05) is 38.1 Å². The molecule has 7 nitrogen and oxygen atoms in total. The lowest BCUT2D eigenvalue weighted by Crippen LogP contribution is -2.54. The normalized spacial score (nSPS) is 18.4. The number of piperidine rings is 1. The number of nitrogens with zero attached hydrogens (tertiary/aromatic N) is 1. The third kappa shape index (κ3) is 4.72. The molecule has 174 valence electrons. The first-order valence-electron chi connectivity index (χ1n) is 11.5. The molecule has 1 fully saturated rings. The maximum absolute atomic E-state index is 13.1. The summed E-state index contributed by atoms with van der Waals surface area (Å²) in [5.41, 5.74) is 4.54. The summed E-state index contributed by atoms with van der Waals surface area (Å²) in [5, 5.41) is 12.0. The minimum absolute atomic E-state index is 0.0604. The fraction of sp³-hybridized carbons (Fsp3) is 0.423. The Morgan fingerprint density at radius 2 is 1.67 bits per heavy atom. The van der Waals surface area contributed by atoms with Crippen molar-refractivity contribution in [1.82, 2.24) is 10.2 Å². The third-order valence-corrected chi connectivity index (χ3v) is 6.63. The third-order valence-electron chi connectivity index (χ3n) is 6.63. The Bertz CT molecular complexity index is 1000. The first kappa shape index (κ1) is 22.8. The zero-order valence-electron chi connectivity index (χ0n) is 19.0. The zero-order chi connectivity index (χ0) is 23.5. The number of carbonyl (C=O) groups excluding carboxylic acids is 2. The van der Waals surface area contributed by atoms with Crippen molar-refractivity contribution in [3.05, 3.63) is 59.7 Å². The highest BCUT2D eigenvalue weighted by Crippen LogP contribution is 2.44. The molecular formula is C26H30N2O5. The lowest BCUT2D eigenvalue weighted by molar-refractivity contribution is -0.146. The number of benzene rings is 2. The summed E-state index contributed by atoms with van der Waals surface area (Å²) in [6.45, 7) is 4.54. The van der Waals surface area contributed by atoms with Crippen molar-refractivity contribution in [3.63, 3.8) is 0 Å². The van der Waals surface area contributed by atoms with E-state index in [2.05, 4.69) is 29.6 Å². The summed E-state index contributed by atoms with van der Waals surface area (Å²) in [4.78, 5) is 38.7. The fourth-order valence-corrected chi connectivity index (χ4v) is 4.86.